The topological polar surface area (TPSA) is 21.3 Å². The number of ether oxygens (including phenoxy) is 1. The molecule has 0 unspecified atom stereocenters. The third-order valence-electron chi connectivity index (χ3n) is 3.43. The molecule has 1 fully saturated rings. The summed E-state index contributed by atoms with van der Waals surface area (Å²) in [4.78, 5) is 0. The van der Waals surface area contributed by atoms with Crippen molar-refractivity contribution in [2.45, 2.75) is 32.7 Å². The molecule has 0 amide bonds. The maximum atomic E-state index is 5.45. The third kappa shape index (κ3) is 2.22. The number of aryl methyl sites for hydroxylation is 1. The highest BCUT2D eigenvalue weighted by molar-refractivity contribution is 5.40. The Bertz CT molecular complexity index is 362. The fraction of sp³-hybridized carbons (Fsp3) is 0.571. The Morgan fingerprint density at radius 2 is 2.25 bits per heavy atom. The summed E-state index contributed by atoms with van der Waals surface area (Å²) in [6, 6.07) is 7.00. The van der Waals surface area contributed by atoms with Gasteiger partial charge in [0, 0.05) is 11.6 Å². The first-order chi connectivity index (χ1) is 7.74. The number of hydrogen-bond acceptors (Lipinski definition) is 2. The van der Waals surface area contributed by atoms with Gasteiger partial charge in [-0.05, 0) is 36.9 Å². The predicted octanol–water partition coefficient (Wildman–Crippen LogP) is 2.93. The van der Waals surface area contributed by atoms with Gasteiger partial charge in [0.25, 0.3) is 0 Å². The second-order valence-electron chi connectivity index (χ2n) is 4.73. The minimum Gasteiger partial charge on any atom is -0.496 e. The number of benzene rings is 1. The lowest BCUT2D eigenvalue weighted by Gasteiger charge is -2.16. The Labute approximate surface area is 98.0 Å². The van der Waals surface area contributed by atoms with Crippen LogP contribution in [-0.4, -0.2) is 13.7 Å². The quantitative estimate of drug-likeness (QED) is 0.844. The summed E-state index contributed by atoms with van der Waals surface area (Å²) in [5, 5.41) is 3.57. The van der Waals surface area contributed by atoms with Crippen LogP contribution in [-0.2, 0) is 6.42 Å². The molecule has 1 aliphatic rings. The zero-order valence-corrected chi connectivity index (χ0v) is 10.4. The van der Waals surface area contributed by atoms with Crippen LogP contribution in [0.2, 0.25) is 0 Å². The summed E-state index contributed by atoms with van der Waals surface area (Å²) in [6.45, 7) is 5.60. The zero-order chi connectivity index (χ0) is 11.5. The number of nitrogens with one attached hydrogen (secondary N) is 1. The largest absolute Gasteiger partial charge is 0.496 e. The molecule has 1 heterocycles. The van der Waals surface area contributed by atoms with Gasteiger partial charge in [0.05, 0.1) is 7.11 Å². The molecule has 0 aliphatic carbocycles. The van der Waals surface area contributed by atoms with Gasteiger partial charge in [-0.15, -0.1) is 0 Å². The van der Waals surface area contributed by atoms with Gasteiger partial charge in [-0.25, -0.2) is 0 Å². The van der Waals surface area contributed by atoms with Crippen molar-refractivity contribution in [1.82, 2.24) is 5.32 Å². The molecule has 2 atom stereocenters. The van der Waals surface area contributed by atoms with Crippen LogP contribution in [0.25, 0.3) is 0 Å². The van der Waals surface area contributed by atoms with Gasteiger partial charge in [-0.1, -0.05) is 26.0 Å². The molecule has 1 saturated heterocycles. The van der Waals surface area contributed by atoms with Crippen LogP contribution >= 0.6 is 0 Å². The van der Waals surface area contributed by atoms with E-state index in [1.54, 1.807) is 7.11 Å². The predicted molar refractivity (Wildman–Crippen MR) is 66.9 cm³/mol. The Morgan fingerprint density at radius 1 is 1.44 bits per heavy atom. The van der Waals surface area contributed by atoms with Crippen LogP contribution < -0.4 is 10.1 Å². The SMILES string of the molecule is CCc1ccc(OC)c([C@H]2C[C@H](C)CN2)c1. The zero-order valence-electron chi connectivity index (χ0n) is 10.4. The van der Waals surface area contributed by atoms with Gasteiger partial charge < -0.3 is 10.1 Å². The summed E-state index contributed by atoms with van der Waals surface area (Å²) in [5.74, 6) is 1.78. The monoisotopic (exact) mass is 219 g/mol. The van der Waals surface area contributed by atoms with Gasteiger partial charge in [0.1, 0.15) is 5.75 Å². The van der Waals surface area contributed by atoms with E-state index >= 15 is 0 Å². The van der Waals surface area contributed by atoms with Crippen molar-refractivity contribution in [2.75, 3.05) is 13.7 Å². The molecule has 0 radical (unpaired) electrons. The first-order valence-electron chi connectivity index (χ1n) is 6.14. The van der Waals surface area contributed by atoms with Gasteiger partial charge >= 0.3 is 0 Å². The van der Waals surface area contributed by atoms with E-state index in [1.165, 1.54) is 17.5 Å². The van der Waals surface area contributed by atoms with Crippen molar-refractivity contribution in [2.24, 2.45) is 5.92 Å². The average molecular weight is 219 g/mol. The summed E-state index contributed by atoms with van der Waals surface area (Å²) in [5.41, 5.74) is 2.71. The molecule has 2 nitrogen and oxygen atoms in total. The molecule has 1 aliphatic heterocycles. The van der Waals surface area contributed by atoms with Gasteiger partial charge in [0.2, 0.25) is 0 Å². The van der Waals surface area contributed by atoms with E-state index in [0.29, 0.717) is 6.04 Å². The number of hydrogen-bond donors (Lipinski definition) is 1. The van der Waals surface area contributed by atoms with Crippen molar-refractivity contribution in [3.05, 3.63) is 29.3 Å². The van der Waals surface area contributed by atoms with Gasteiger partial charge in [-0.3, -0.25) is 0 Å². The molecule has 1 aromatic rings. The summed E-state index contributed by atoms with van der Waals surface area (Å²) >= 11 is 0. The highest BCUT2D eigenvalue weighted by Gasteiger charge is 2.24. The van der Waals surface area contributed by atoms with E-state index in [2.05, 4.69) is 37.4 Å². The number of methoxy groups -OCH3 is 1. The lowest BCUT2D eigenvalue weighted by molar-refractivity contribution is 0.402. The average Bonchev–Trinajstić information content (AvgIpc) is 2.75. The van der Waals surface area contributed by atoms with Crippen LogP contribution in [0.5, 0.6) is 5.75 Å². The van der Waals surface area contributed by atoms with Crippen LogP contribution in [0.4, 0.5) is 0 Å². The Balaban J connectivity index is 2.29. The Morgan fingerprint density at radius 3 is 2.81 bits per heavy atom. The number of rotatable bonds is 3. The van der Waals surface area contributed by atoms with E-state index in [9.17, 15) is 0 Å². The minimum absolute atomic E-state index is 0.469. The maximum Gasteiger partial charge on any atom is 0.123 e. The van der Waals surface area contributed by atoms with Crippen molar-refractivity contribution >= 4 is 0 Å². The summed E-state index contributed by atoms with van der Waals surface area (Å²) in [7, 11) is 1.75. The molecular weight excluding hydrogens is 198 g/mol. The van der Waals surface area contributed by atoms with Crippen LogP contribution in [0.15, 0.2) is 18.2 Å². The lowest BCUT2D eigenvalue weighted by Crippen LogP contribution is -2.14. The van der Waals surface area contributed by atoms with Gasteiger partial charge in [-0.2, -0.15) is 0 Å². The molecule has 0 saturated carbocycles. The molecule has 88 valence electrons. The van der Waals surface area contributed by atoms with Gasteiger partial charge in [0.15, 0.2) is 0 Å². The van der Waals surface area contributed by atoms with Crippen molar-refractivity contribution in [3.8, 4) is 5.75 Å². The minimum atomic E-state index is 0.469. The van der Waals surface area contributed by atoms with Crippen molar-refractivity contribution < 1.29 is 4.74 Å². The standard InChI is InChI=1S/C14H21NO/c1-4-11-5-6-14(16-3)12(8-11)13-7-10(2)9-15-13/h5-6,8,10,13,15H,4,7,9H2,1-3H3/t10-,13+/m0/s1. The van der Waals surface area contributed by atoms with E-state index < -0.39 is 0 Å². The molecule has 2 rings (SSSR count). The second-order valence-corrected chi connectivity index (χ2v) is 4.73. The molecule has 1 N–H and O–H groups in total. The highest BCUT2D eigenvalue weighted by atomic mass is 16.5. The molecule has 0 aromatic heterocycles. The molecule has 0 bridgehead atoms. The first-order valence-corrected chi connectivity index (χ1v) is 6.14. The fourth-order valence-electron chi connectivity index (χ4n) is 2.43. The maximum absolute atomic E-state index is 5.45. The second kappa shape index (κ2) is 4.88. The molecule has 1 aromatic carbocycles. The van der Waals surface area contributed by atoms with E-state index in [-0.39, 0.29) is 0 Å². The Kier molecular flexibility index (Phi) is 3.49. The van der Waals surface area contributed by atoms with Crippen LogP contribution in [0, 0.1) is 5.92 Å². The molecule has 0 spiro atoms. The highest BCUT2D eigenvalue weighted by Crippen LogP contribution is 2.33. The normalized spacial score (nSPS) is 24.7. The van der Waals surface area contributed by atoms with Crippen LogP contribution in [0.1, 0.15) is 37.4 Å². The molecule has 16 heavy (non-hydrogen) atoms. The summed E-state index contributed by atoms with van der Waals surface area (Å²) < 4.78 is 5.45. The summed E-state index contributed by atoms with van der Waals surface area (Å²) in [6.07, 6.45) is 2.29. The van der Waals surface area contributed by atoms with Crippen LogP contribution in [0.3, 0.4) is 0 Å². The van der Waals surface area contributed by atoms with E-state index in [0.717, 1.165) is 24.6 Å². The van der Waals surface area contributed by atoms with E-state index in [4.69, 9.17) is 4.74 Å². The van der Waals surface area contributed by atoms with Crippen molar-refractivity contribution in [1.29, 1.82) is 0 Å². The Hall–Kier alpha value is -1.02. The molecule has 2 heteroatoms. The van der Waals surface area contributed by atoms with E-state index in [1.807, 2.05) is 0 Å². The smallest absolute Gasteiger partial charge is 0.123 e. The lowest BCUT2D eigenvalue weighted by atomic mass is 9.98. The third-order valence-corrected chi connectivity index (χ3v) is 3.43. The fourth-order valence-corrected chi connectivity index (χ4v) is 2.43. The molecular formula is C14H21NO. The first kappa shape index (κ1) is 11.5. The van der Waals surface area contributed by atoms with Crippen molar-refractivity contribution in [3.63, 3.8) is 0 Å².